The summed E-state index contributed by atoms with van der Waals surface area (Å²) in [6, 6.07) is 18.0. The van der Waals surface area contributed by atoms with Gasteiger partial charge in [0.25, 0.3) is 0 Å². The molecule has 34 heavy (non-hydrogen) atoms. The minimum absolute atomic E-state index is 0.0289. The molecule has 0 amide bonds. The zero-order chi connectivity index (χ0) is 24.5. The number of aliphatic hydroxyl groups excluding tert-OH is 1. The molecule has 8 nitrogen and oxygen atoms in total. The Kier molecular flexibility index (Phi) is 6.18. The molecule has 0 aliphatic carbocycles. The second-order valence-electron chi connectivity index (χ2n) is 8.25. The Balaban J connectivity index is 1.78. The molecule has 3 aromatic carbocycles. The molecular formula is C25H23N3O5S. The highest BCUT2D eigenvalue weighted by Crippen LogP contribution is 2.37. The predicted molar refractivity (Wildman–Crippen MR) is 128 cm³/mol. The van der Waals surface area contributed by atoms with Crippen LogP contribution >= 0.6 is 0 Å². The van der Waals surface area contributed by atoms with Gasteiger partial charge in [-0.1, -0.05) is 35.9 Å². The topological polar surface area (TPSA) is 120 Å². The fraction of sp³-hybridized carbons (Fsp3) is 0.200. The van der Waals surface area contributed by atoms with Crippen molar-refractivity contribution in [3.05, 3.63) is 83.4 Å². The van der Waals surface area contributed by atoms with E-state index in [0.29, 0.717) is 18.4 Å². The normalized spacial score (nSPS) is 15.3. The van der Waals surface area contributed by atoms with E-state index in [9.17, 15) is 18.3 Å². The number of carbonyl (C=O) groups excluding carboxylic acids is 1. The van der Waals surface area contributed by atoms with Crippen molar-refractivity contribution in [1.29, 1.82) is 5.26 Å². The fourth-order valence-electron chi connectivity index (χ4n) is 3.69. The number of ether oxygens (including phenoxy) is 1. The summed E-state index contributed by atoms with van der Waals surface area (Å²) < 4.78 is 33.6. The van der Waals surface area contributed by atoms with Crippen molar-refractivity contribution in [1.82, 2.24) is 4.72 Å². The minimum atomic E-state index is -4.11. The molecule has 4 rings (SSSR count). The van der Waals surface area contributed by atoms with Crippen LogP contribution in [0.2, 0.25) is 0 Å². The number of anilines is 1. The number of nitrogens with one attached hydrogen (secondary N) is 1. The first-order valence-electron chi connectivity index (χ1n) is 10.6. The lowest BCUT2D eigenvalue weighted by Crippen LogP contribution is -2.30. The van der Waals surface area contributed by atoms with E-state index in [1.165, 1.54) is 0 Å². The van der Waals surface area contributed by atoms with E-state index >= 15 is 0 Å². The van der Waals surface area contributed by atoms with E-state index in [0.717, 1.165) is 32.4 Å². The number of benzene rings is 3. The van der Waals surface area contributed by atoms with Crippen molar-refractivity contribution in [3.63, 3.8) is 0 Å². The van der Waals surface area contributed by atoms with Crippen LogP contribution in [0.4, 0.5) is 5.69 Å². The molecule has 0 bridgehead atoms. The summed E-state index contributed by atoms with van der Waals surface area (Å²) in [7, 11) is -4.11. The van der Waals surface area contributed by atoms with Gasteiger partial charge in [-0.15, -0.1) is 0 Å². The first-order valence-corrected chi connectivity index (χ1v) is 12.1. The van der Waals surface area contributed by atoms with Gasteiger partial charge in [0.2, 0.25) is 5.88 Å². The maximum Gasteiger partial charge on any atom is 0.343 e. The molecule has 1 unspecified atom stereocenters. The van der Waals surface area contributed by atoms with E-state index in [1.807, 2.05) is 42.8 Å². The summed E-state index contributed by atoms with van der Waals surface area (Å²) in [5, 5.41) is 20.3. The summed E-state index contributed by atoms with van der Waals surface area (Å²) in [6.45, 7) is 3.71. The molecule has 3 aromatic rings. The van der Waals surface area contributed by atoms with Crippen molar-refractivity contribution in [2.45, 2.75) is 26.7 Å². The number of nitriles is 1. The second-order valence-corrected chi connectivity index (χ2v) is 9.79. The van der Waals surface area contributed by atoms with E-state index < -0.39 is 22.1 Å². The first-order chi connectivity index (χ1) is 16.2. The fourth-order valence-corrected chi connectivity index (χ4v) is 4.75. The molecule has 174 valence electrons. The Morgan fingerprint density at radius 2 is 1.97 bits per heavy atom. The Morgan fingerprint density at radius 1 is 1.18 bits per heavy atom. The van der Waals surface area contributed by atoms with Gasteiger partial charge in [0.05, 0.1) is 17.8 Å². The SMILES string of the molecule is Cc1cccc(C(=O)Oc2cc3ccc(CCC(C)C#N)cc3cc2N2C=C(O)NS2(=O)=O)c1. The molecule has 1 atom stereocenters. The van der Waals surface area contributed by atoms with E-state index in [-0.39, 0.29) is 17.4 Å². The van der Waals surface area contributed by atoms with Crippen molar-refractivity contribution in [3.8, 4) is 11.8 Å². The number of aryl methyl sites for hydroxylation is 2. The monoisotopic (exact) mass is 477 g/mol. The van der Waals surface area contributed by atoms with Gasteiger partial charge in [-0.05, 0) is 67.3 Å². The number of rotatable bonds is 6. The molecule has 1 aliphatic heterocycles. The third kappa shape index (κ3) is 4.82. The van der Waals surface area contributed by atoms with Gasteiger partial charge in [-0.25, -0.2) is 13.8 Å². The molecule has 1 aliphatic rings. The average molecular weight is 478 g/mol. The zero-order valence-electron chi connectivity index (χ0n) is 18.6. The standard InChI is InChI=1S/C25H23N3O5S/c1-16-4-3-5-20(10-16)25(30)33-23-13-19-9-8-18(7-6-17(2)14-26)11-21(19)12-22(23)28-15-24(29)27-34(28,31)32/h3-5,8-13,15,17,27,29H,6-7H2,1-2H3. The first kappa shape index (κ1) is 23.1. The van der Waals surface area contributed by atoms with Gasteiger partial charge in [-0.2, -0.15) is 13.7 Å². The van der Waals surface area contributed by atoms with Crippen LogP contribution in [0.5, 0.6) is 5.75 Å². The van der Waals surface area contributed by atoms with Crippen LogP contribution in [0.15, 0.2) is 66.7 Å². The molecule has 1 heterocycles. The van der Waals surface area contributed by atoms with E-state index in [1.54, 1.807) is 30.3 Å². The second kappa shape index (κ2) is 9.08. The van der Waals surface area contributed by atoms with Crippen LogP contribution in [0, 0.1) is 24.2 Å². The number of hydrogen-bond acceptors (Lipinski definition) is 6. The zero-order valence-corrected chi connectivity index (χ0v) is 19.5. The lowest BCUT2D eigenvalue weighted by atomic mass is 9.99. The molecule has 0 saturated carbocycles. The van der Waals surface area contributed by atoms with Gasteiger partial charge in [0.1, 0.15) is 5.69 Å². The highest BCUT2D eigenvalue weighted by Gasteiger charge is 2.32. The molecule has 0 fully saturated rings. The minimum Gasteiger partial charge on any atom is -0.493 e. The Labute approximate surface area is 197 Å². The summed E-state index contributed by atoms with van der Waals surface area (Å²) in [5.74, 6) is -1.23. The lowest BCUT2D eigenvalue weighted by molar-refractivity contribution is 0.0735. The number of fused-ring (bicyclic) bond motifs is 1. The van der Waals surface area contributed by atoms with E-state index in [4.69, 9.17) is 10.00 Å². The molecular weight excluding hydrogens is 454 g/mol. The third-order valence-corrected chi connectivity index (χ3v) is 6.78. The van der Waals surface area contributed by atoms with Gasteiger partial charge < -0.3 is 9.84 Å². The van der Waals surface area contributed by atoms with Crippen LogP contribution < -0.4 is 13.8 Å². The van der Waals surface area contributed by atoms with E-state index in [2.05, 4.69) is 6.07 Å². The smallest absolute Gasteiger partial charge is 0.343 e. The highest BCUT2D eigenvalue weighted by molar-refractivity contribution is 7.91. The summed E-state index contributed by atoms with van der Waals surface area (Å²) in [6.07, 6.45) is 2.40. The Hall–Kier alpha value is -4.03. The molecule has 0 aromatic heterocycles. The number of esters is 1. The van der Waals surface area contributed by atoms with Crippen molar-refractivity contribution in [2.75, 3.05) is 4.31 Å². The quantitative estimate of drug-likeness (QED) is 0.399. The van der Waals surface area contributed by atoms with Crippen molar-refractivity contribution >= 4 is 32.6 Å². The van der Waals surface area contributed by atoms with Gasteiger partial charge >= 0.3 is 16.2 Å². The van der Waals surface area contributed by atoms with Gasteiger partial charge in [0, 0.05) is 5.92 Å². The van der Waals surface area contributed by atoms with Crippen LogP contribution in [-0.2, 0) is 16.6 Å². The Morgan fingerprint density at radius 3 is 2.65 bits per heavy atom. The number of hydrogen-bond donors (Lipinski definition) is 2. The predicted octanol–water partition coefficient (Wildman–Crippen LogP) is 4.47. The molecule has 2 N–H and O–H groups in total. The molecule has 0 spiro atoms. The van der Waals surface area contributed by atoms with Crippen LogP contribution in [0.3, 0.4) is 0 Å². The molecule has 0 radical (unpaired) electrons. The van der Waals surface area contributed by atoms with Crippen LogP contribution in [0.1, 0.15) is 34.8 Å². The van der Waals surface area contributed by atoms with Crippen molar-refractivity contribution < 1.29 is 23.1 Å². The summed E-state index contributed by atoms with van der Waals surface area (Å²) in [4.78, 5) is 12.8. The summed E-state index contributed by atoms with van der Waals surface area (Å²) >= 11 is 0. The highest BCUT2D eigenvalue weighted by atomic mass is 32.2. The lowest BCUT2D eigenvalue weighted by Gasteiger charge is -2.19. The largest absolute Gasteiger partial charge is 0.493 e. The Bertz CT molecular complexity index is 1460. The average Bonchev–Trinajstić information content (AvgIpc) is 3.08. The van der Waals surface area contributed by atoms with Gasteiger partial charge in [0.15, 0.2) is 5.75 Å². The van der Waals surface area contributed by atoms with Crippen molar-refractivity contribution in [2.24, 2.45) is 5.92 Å². The van der Waals surface area contributed by atoms with Gasteiger partial charge in [-0.3, -0.25) is 0 Å². The van der Waals surface area contributed by atoms with Crippen LogP contribution in [-0.4, -0.2) is 19.5 Å². The number of nitrogens with zero attached hydrogens (tertiary/aromatic N) is 2. The number of carbonyl (C=O) groups is 1. The maximum absolute atomic E-state index is 12.8. The molecule has 9 heteroatoms. The van der Waals surface area contributed by atoms with Crippen LogP contribution in [0.25, 0.3) is 10.8 Å². The summed E-state index contributed by atoms with van der Waals surface area (Å²) in [5.41, 5.74) is 2.28. The number of aliphatic hydroxyl groups is 1. The third-order valence-electron chi connectivity index (χ3n) is 5.49. The maximum atomic E-state index is 12.8. The molecule has 0 saturated heterocycles.